The molecule has 19 heavy (non-hydrogen) atoms. The molecule has 3 rings (SSSR count). The number of piperidine rings is 1. The Morgan fingerprint density at radius 2 is 2.42 bits per heavy atom. The average molecular weight is 259 g/mol. The van der Waals surface area contributed by atoms with Gasteiger partial charge in [0.25, 0.3) is 0 Å². The molecule has 5 nitrogen and oxygen atoms in total. The summed E-state index contributed by atoms with van der Waals surface area (Å²) in [5, 5.41) is 0. The number of imidazole rings is 1. The molecule has 1 aliphatic rings. The van der Waals surface area contributed by atoms with E-state index >= 15 is 0 Å². The molecule has 0 saturated carbocycles. The number of aromatic nitrogens is 3. The molecular weight excluding hydrogens is 238 g/mol. The molecule has 0 aromatic carbocycles. The molecule has 102 valence electrons. The normalized spacial score (nSPS) is 22.7. The van der Waals surface area contributed by atoms with Gasteiger partial charge < -0.3 is 5.73 Å². The van der Waals surface area contributed by atoms with Gasteiger partial charge in [0.2, 0.25) is 5.78 Å². The monoisotopic (exact) mass is 259 g/mol. The zero-order valence-corrected chi connectivity index (χ0v) is 11.4. The fraction of sp³-hybridized carbons (Fsp3) is 0.571. The van der Waals surface area contributed by atoms with Gasteiger partial charge in [0, 0.05) is 37.7 Å². The van der Waals surface area contributed by atoms with Crippen molar-refractivity contribution in [3.63, 3.8) is 0 Å². The van der Waals surface area contributed by atoms with Crippen LogP contribution in [0.15, 0.2) is 24.7 Å². The highest BCUT2D eigenvalue weighted by molar-refractivity contribution is 5.29. The van der Waals surface area contributed by atoms with Crippen molar-refractivity contribution in [3.8, 4) is 0 Å². The minimum absolute atomic E-state index is 0.283. The molecule has 0 radical (unpaired) electrons. The van der Waals surface area contributed by atoms with Crippen molar-refractivity contribution in [1.82, 2.24) is 19.3 Å². The third kappa shape index (κ3) is 2.77. The number of hydrogen-bond acceptors (Lipinski definition) is 4. The Labute approximate surface area is 113 Å². The van der Waals surface area contributed by atoms with Gasteiger partial charge >= 0.3 is 0 Å². The van der Waals surface area contributed by atoms with Crippen LogP contribution in [-0.2, 0) is 6.54 Å². The predicted octanol–water partition coefficient (Wildman–Crippen LogP) is 1.29. The van der Waals surface area contributed by atoms with Crippen LogP contribution in [0.25, 0.3) is 5.78 Å². The van der Waals surface area contributed by atoms with Crippen molar-refractivity contribution in [2.45, 2.75) is 32.4 Å². The van der Waals surface area contributed by atoms with Crippen LogP contribution >= 0.6 is 0 Å². The zero-order valence-electron chi connectivity index (χ0n) is 11.4. The Morgan fingerprint density at radius 1 is 1.53 bits per heavy atom. The predicted molar refractivity (Wildman–Crippen MR) is 74.6 cm³/mol. The molecule has 2 atom stereocenters. The highest BCUT2D eigenvalue weighted by atomic mass is 15.2. The van der Waals surface area contributed by atoms with Gasteiger partial charge in [-0.2, -0.15) is 0 Å². The number of hydrogen-bond donors (Lipinski definition) is 1. The Kier molecular flexibility index (Phi) is 3.48. The van der Waals surface area contributed by atoms with Crippen molar-refractivity contribution in [3.05, 3.63) is 30.4 Å². The SMILES string of the molecule is CC(N)C1CCCN(Cc2cn3cccnc3n2)C1. The molecule has 2 aromatic heterocycles. The van der Waals surface area contributed by atoms with Crippen molar-refractivity contribution in [1.29, 1.82) is 0 Å². The fourth-order valence-corrected chi connectivity index (χ4v) is 2.85. The van der Waals surface area contributed by atoms with Crippen LogP contribution in [0.1, 0.15) is 25.5 Å². The molecule has 0 spiro atoms. The van der Waals surface area contributed by atoms with Gasteiger partial charge in [-0.1, -0.05) is 0 Å². The van der Waals surface area contributed by atoms with Crippen molar-refractivity contribution in [2.75, 3.05) is 13.1 Å². The smallest absolute Gasteiger partial charge is 0.233 e. The van der Waals surface area contributed by atoms with Crippen molar-refractivity contribution < 1.29 is 0 Å². The van der Waals surface area contributed by atoms with E-state index < -0.39 is 0 Å². The van der Waals surface area contributed by atoms with Crippen LogP contribution in [0.2, 0.25) is 0 Å². The van der Waals surface area contributed by atoms with Crippen LogP contribution in [0.5, 0.6) is 0 Å². The summed E-state index contributed by atoms with van der Waals surface area (Å²) in [5.74, 6) is 1.39. The fourth-order valence-electron chi connectivity index (χ4n) is 2.85. The summed E-state index contributed by atoms with van der Waals surface area (Å²) < 4.78 is 1.97. The highest BCUT2D eigenvalue weighted by Crippen LogP contribution is 2.20. The maximum Gasteiger partial charge on any atom is 0.233 e. The number of nitrogens with two attached hydrogens (primary N) is 1. The van der Waals surface area contributed by atoms with E-state index in [0.717, 1.165) is 31.1 Å². The van der Waals surface area contributed by atoms with Crippen LogP contribution in [0, 0.1) is 5.92 Å². The van der Waals surface area contributed by atoms with E-state index in [1.165, 1.54) is 12.8 Å². The summed E-state index contributed by atoms with van der Waals surface area (Å²) in [5.41, 5.74) is 7.11. The molecule has 0 amide bonds. The van der Waals surface area contributed by atoms with Gasteiger partial charge in [-0.3, -0.25) is 9.30 Å². The first-order valence-electron chi connectivity index (χ1n) is 6.99. The Bertz CT molecular complexity index is 515. The Hall–Kier alpha value is -1.46. The van der Waals surface area contributed by atoms with Gasteiger partial charge in [0.05, 0.1) is 5.69 Å². The van der Waals surface area contributed by atoms with Gasteiger partial charge in [0.1, 0.15) is 0 Å². The molecule has 0 aliphatic carbocycles. The first-order valence-corrected chi connectivity index (χ1v) is 6.99. The number of nitrogens with zero attached hydrogens (tertiary/aromatic N) is 4. The van der Waals surface area contributed by atoms with Crippen LogP contribution in [0.3, 0.4) is 0 Å². The second-order valence-corrected chi connectivity index (χ2v) is 5.56. The number of rotatable bonds is 3. The largest absolute Gasteiger partial charge is 0.328 e. The van der Waals surface area contributed by atoms with E-state index in [2.05, 4.69) is 28.0 Å². The first-order chi connectivity index (χ1) is 9.22. The summed E-state index contributed by atoms with van der Waals surface area (Å²) in [6, 6.07) is 2.21. The summed E-state index contributed by atoms with van der Waals surface area (Å²) in [4.78, 5) is 11.3. The van der Waals surface area contributed by atoms with Crippen LogP contribution < -0.4 is 5.73 Å². The standard InChI is InChI=1S/C14H21N5/c1-11(15)12-4-2-6-18(8-12)9-13-10-19-7-3-5-16-14(19)17-13/h3,5,7,10-12H,2,4,6,8-9,15H2,1H3. The Morgan fingerprint density at radius 3 is 3.21 bits per heavy atom. The topological polar surface area (TPSA) is 59.5 Å². The maximum absolute atomic E-state index is 6.03. The first kappa shape index (κ1) is 12.6. The van der Waals surface area contributed by atoms with E-state index in [0.29, 0.717) is 5.92 Å². The summed E-state index contributed by atoms with van der Waals surface area (Å²) >= 11 is 0. The summed E-state index contributed by atoms with van der Waals surface area (Å²) in [7, 11) is 0. The quantitative estimate of drug-likeness (QED) is 0.902. The lowest BCUT2D eigenvalue weighted by Gasteiger charge is -2.34. The van der Waals surface area contributed by atoms with Crippen molar-refractivity contribution >= 4 is 5.78 Å². The van der Waals surface area contributed by atoms with Gasteiger partial charge in [-0.15, -0.1) is 0 Å². The minimum Gasteiger partial charge on any atom is -0.328 e. The molecule has 1 saturated heterocycles. The van der Waals surface area contributed by atoms with E-state index in [1.807, 2.05) is 16.7 Å². The van der Waals surface area contributed by atoms with E-state index in [4.69, 9.17) is 5.73 Å². The zero-order chi connectivity index (χ0) is 13.2. The molecule has 3 heterocycles. The number of fused-ring (bicyclic) bond motifs is 1. The maximum atomic E-state index is 6.03. The molecule has 2 unspecified atom stereocenters. The molecule has 1 fully saturated rings. The molecular formula is C14H21N5. The van der Waals surface area contributed by atoms with E-state index in [-0.39, 0.29) is 6.04 Å². The lowest BCUT2D eigenvalue weighted by atomic mass is 9.92. The van der Waals surface area contributed by atoms with E-state index in [1.54, 1.807) is 6.20 Å². The summed E-state index contributed by atoms with van der Waals surface area (Å²) in [6.45, 7) is 5.24. The molecule has 2 N–H and O–H groups in total. The Balaban J connectivity index is 1.70. The molecule has 2 aromatic rings. The second kappa shape index (κ2) is 5.27. The summed E-state index contributed by atoms with van der Waals surface area (Å²) in [6.07, 6.45) is 8.31. The lowest BCUT2D eigenvalue weighted by Crippen LogP contribution is -2.41. The lowest BCUT2D eigenvalue weighted by molar-refractivity contribution is 0.153. The van der Waals surface area contributed by atoms with Crippen LogP contribution in [-0.4, -0.2) is 38.4 Å². The van der Waals surface area contributed by atoms with E-state index in [9.17, 15) is 0 Å². The molecule has 0 bridgehead atoms. The van der Waals surface area contributed by atoms with Gasteiger partial charge in [-0.05, 0) is 38.3 Å². The van der Waals surface area contributed by atoms with Gasteiger partial charge in [-0.25, -0.2) is 9.97 Å². The third-order valence-electron chi connectivity index (χ3n) is 3.96. The molecule has 5 heteroatoms. The minimum atomic E-state index is 0.283. The highest BCUT2D eigenvalue weighted by Gasteiger charge is 2.23. The third-order valence-corrected chi connectivity index (χ3v) is 3.96. The van der Waals surface area contributed by atoms with Gasteiger partial charge in [0.15, 0.2) is 0 Å². The molecule has 1 aliphatic heterocycles. The van der Waals surface area contributed by atoms with Crippen LogP contribution in [0.4, 0.5) is 0 Å². The number of likely N-dealkylation sites (tertiary alicyclic amines) is 1. The van der Waals surface area contributed by atoms with Crippen molar-refractivity contribution in [2.24, 2.45) is 11.7 Å². The second-order valence-electron chi connectivity index (χ2n) is 5.56. The average Bonchev–Trinajstić information content (AvgIpc) is 2.81.